The summed E-state index contributed by atoms with van der Waals surface area (Å²) in [4.78, 5) is 11.2. The molecule has 3 nitrogen and oxygen atoms in total. The van der Waals surface area contributed by atoms with E-state index in [2.05, 4.69) is 20.7 Å². The molecule has 72 valence electrons. The molecule has 0 heterocycles. The lowest BCUT2D eigenvalue weighted by Gasteiger charge is -2.03. The van der Waals surface area contributed by atoms with E-state index < -0.39 is 5.97 Å². The van der Waals surface area contributed by atoms with Crippen molar-refractivity contribution in [2.75, 3.05) is 7.11 Å². The molecule has 0 bridgehead atoms. The summed E-state index contributed by atoms with van der Waals surface area (Å²) in [6.45, 7) is 0. The standard InChI is InChI=1S/C9H5BrClNO2/c1-14-9(13)6-3-7(10)8(11)2-5(6)4-12/h2-3H,1H3. The molecule has 0 radical (unpaired) electrons. The fourth-order valence-electron chi connectivity index (χ4n) is 0.918. The van der Waals surface area contributed by atoms with Crippen molar-refractivity contribution in [3.8, 4) is 6.07 Å². The molecule has 1 aromatic carbocycles. The number of halogens is 2. The average molecular weight is 275 g/mol. The van der Waals surface area contributed by atoms with Gasteiger partial charge in [0.15, 0.2) is 0 Å². The Kier molecular flexibility index (Phi) is 3.50. The van der Waals surface area contributed by atoms with Crippen LogP contribution in [0.4, 0.5) is 0 Å². The van der Waals surface area contributed by atoms with Crippen molar-refractivity contribution < 1.29 is 9.53 Å². The van der Waals surface area contributed by atoms with Crippen molar-refractivity contribution in [3.63, 3.8) is 0 Å². The third kappa shape index (κ3) is 2.06. The van der Waals surface area contributed by atoms with E-state index in [4.69, 9.17) is 16.9 Å². The van der Waals surface area contributed by atoms with Crippen LogP contribution < -0.4 is 0 Å². The molecule has 0 saturated heterocycles. The molecule has 0 amide bonds. The van der Waals surface area contributed by atoms with Gasteiger partial charge in [-0.15, -0.1) is 0 Å². The smallest absolute Gasteiger partial charge is 0.339 e. The van der Waals surface area contributed by atoms with Gasteiger partial charge in [-0.25, -0.2) is 4.79 Å². The highest BCUT2D eigenvalue weighted by molar-refractivity contribution is 9.10. The van der Waals surface area contributed by atoms with Crippen LogP contribution in [0.15, 0.2) is 16.6 Å². The van der Waals surface area contributed by atoms with Crippen LogP contribution in [0.3, 0.4) is 0 Å². The monoisotopic (exact) mass is 273 g/mol. The van der Waals surface area contributed by atoms with Gasteiger partial charge >= 0.3 is 5.97 Å². The Hall–Kier alpha value is -1.05. The average Bonchev–Trinajstić information content (AvgIpc) is 2.20. The molecule has 0 aliphatic rings. The maximum Gasteiger partial charge on any atom is 0.339 e. The van der Waals surface area contributed by atoms with Gasteiger partial charge < -0.3 is 4.74 Å². The maximum absolute atomic E-state index is 11.2. The largest absolute Gasteiger partial charge is 0.465 e. The SMILES string of the molecule is COC(=O)c1cc(Br)c(Cl)cc1C#N. The fourth-order valence-corrected chi connectivity index (χ4v) is 1.43. The van der Waals surface area contributed by atoms with Crippen LogP contribution in [0.25, 0.3) is 0 Å². The molecule has 0 saturated carbocycles. The first-order valence-electron chi connectivity index (χ1n) is 3.57. The van der Waals surface area contributed by atoms with E-state index in [1.807, 2.05) is 6.07 Å². The summed E-state index contributed by atoms with van der Waals surface area (Å²) >= 11 is 8.92. The van der Waals surface area contributed by atoms with E-state index in [1.54, 1.807) is 0 Å². The van der Waals surface area contributed by atoms with Gasteiger partial charge in [0.2, 0.25) is 0 Å². The molecule has 0 spiro atoms. The lowest BCUT2D eigenvalue weighted by molar-refractivity contribution is 0.0600. The normalized spacial score (nSPS) is 9.29. The lowest BCUT2D eigenvalue weighted by Crippen LogP contribution is -2.04. The lowest BCUT2D eigenvalue weighted by atomic mass is 10.1. The number of carbonyl (C=O) groups is 1. The van der Waals surface area contributed by atoms with Gasteiger partial charge in [-0.3, -0.25) is 0 Å². The molecule has 5 heteroatoms. The van der Waals surface area contributed by atoms with Gasteiger partial charge in [0, 0.05) is 4.47 Å². The third-order valence-corrected chi connectivity index (χ3v) is 2.78. The molecule has 0 fully saturated rings. The molecular weight excluding hydrogens is 269 g/mol. The van der Waals surface area contributed by atoms with Gasteiger partial charge in [0.1, 0.15) is 6.07 Å². The van der Waals surface area contributed by atoms with E-state index >= 15 is 0 Å². The van der Waals surface area contributed by atoms with Crippen LogP contribution in [0.2, 0.25) is 5.02 Å². The van der Waals surface area contributed by atoms with Gasteiger partial charge in [0.05, 0.1) is 23.3 Å². The van der Waals surface area contributed by atoms with Crippen molar-refractivity contribution in [1.29, 1.82) is 5.26 Å². The number of hydrogen-bond acceptors (Lipinski definition) is 3. The number of esters is 1. The Balaban J connectivity index is 3.36. The summed E-state index contributed by atoms with van der Waals surface area (Å²) in [7, 11) is 1.26. The Labute approximate surface area is 94.4 Å². The summed E-state index contributed by atoms with van der Waals surface area (Å²) in [5.41, 5.74) is 0.399. The predicted molar refractivity (Wildman–Crippen MR) is 55.2 cm³/mol. The first-order valence-corrected chi connectivity index (χ1v) is 4.74. The topological polar surface area (TPSA) is 50.1 Å². The van der Waals surface area contributed by atoms with Gasteiger partial charge in [-0.1, -0.05) is 11.6 Å². The summed E-state index contributed by atoms with van der Waals surface area (Å²) < 4.78 is 5.07. The van der Waals surface area contributed by atoms with Crippen LogP contribution in [-0.4, -0.2) is 13.1 Å². The minimum Gasteiger partial charge on any atom is -0.465 e. The predicted octanol–water partition coefficient (Wildman–Crippen LogP) is 2.76. The van der Waals surface area contributed by atoms with Crippen LogP contribution in [-0.2, 0) is 4.74 Å². The fraction of sp³-hybridized carbons (Fsp3) is 0.111. The van der Waals surface area contributed by atoms with Crippen molar-refractivity contribution in [2.24, 2.45) is 0 Å². The van der Waals surface area contributed by atoms with E-state index in [9.17, 15) is 4.79 Å². The minimum atomic E-state index is -0.557. The van der Waals surface area contributed by atoms with Crippen LogP contribution in [0.5, 0.6) is 0 Å². The van der Waals surface area contributed by atoms with E-state index in [-0.39, 0.29) is 11.1 Å². The Morgan fingerprint density at radius 1 is 1.64 bits per heavy atom. The molecule has 0 unspecified atom stereocenters. The summed E-state index contributed by atoms with van der Waals surface area (Å²) in [5.74, 6) is -0.557. The number of benzene rings is 1. The van der Waals surface area contributed by atoms with Crippen molar-refractivity contribution in [2.45, 2.75) is 0 Å². The molecule has 14 heavy (non-hydrogen) atoms. The molecule has 0 atom stereocenters. The number of carbonyl (C=O) groups excluding carboxylic acids is 1. The molecule has 1 rings (SSSR count). The van der Waals surface area contributed by atoms with Crippen LogP contribution >= 0.6 is 27.5 Å². The molecule has 0 aliphatic heterocycles. The first kappa shape index (κ1) is 11.0. The number of ether oxygens (including phenoxy) is 1. The molecular formula is C9H5BrClNO2. The van der Waals surface area contributed by atoms with Crippen LogP contribution in [0, 0.1) is 11.3 Å². The second kappa shape index (κ2) is 4.45. The van der Waals surface area contributed by atoms with Crippen LogP contribution in [0.1, 0.15) is 15.9 Å². The molecule has 1 aromatic rings. The quantitative estimate of drug-likeness (QED) is 0.740. The van der Waals surface area contributed by atoms with Crippen molar-refractivity contribution >= 4 is 33.5 Å². The minimum absolute atomic E-state index is 0.199. The van der Waals surface area contributed by atoms with Crippen molar-refractivity contribution in [3.05, 3.63) is 32.8 Å². The Morgan fingerprint density at radius 3 is 2.79 bits per heavy atom. The number of nitriles is 1. The molecule has 0 aromatic heterocycles. The zero-order chi connectivity index (χ0) is 10.7. The zero-order valence-electron chi connectivity index (χ0n) is 7.17. The summed E-state index contributed by atoms with van der Waals surface area (Å²) in [5, 5.41) is 9.13. The summed E-state index contributed by atoms with van der Waals surface area (Å²) in [6.07, 6.45) is 0. The zero-order valence-corrected chi connectivity index (χ0v) is 9.52. The van der Waals surface area contributed by atoms with E-state index in [0.717, 1.165) is 0 Å². The number of methoxy groups -OCH3 is 1. The maximum atomic E-state index is 11.2. The molecule has 0 aliphatic carbocycles. The number of nitrogens with zero attached hydrogens (tertiary/aromatic N) is 1. The Bertz CT molecular complexity index is 426. The highest BCUT2D eigenvalue weighted by Crippen LogP contribution is 2.26. The Morgan fingerprint density at radius 2 is 2.29 bits per heavy atom. The highest BCUT2D eigenvalue weighted by Gasteiger charge is 2.14. The van der Waals surface area contributed by atoms with E-state index in [0.29, 0.717) is 9.50 Å². The van der Waals surface area contributed by atoms with Gasteiger partial charge in [-0.05, 0) is 28.1 Å². The van der Waals surface area contributed by atoms with Gasteiger partial charge in [0.25, 0.3) is 0 Å². The third-order valence-electron chi connectivity index (χ3n) is 1.59. The van der Waals surface area contributed by atoms with Gasteiger partial charge in [-0.2, -0.15) is 5.26 Å². The second-order valence-corrected chi connectivity index (χ2v) is 3.68. The summed E-state index contributed by atoms with van der Waals surface area (Å²) in [6, 6.07) is 4.75. The molecule has 0 N–H and O–H groups in total. The highest BCUT2D eigenvalue weighted by atomic mass is 79.9. The number of hydrogen-bond donors (Lipinski definition) is 0. The first-order chi connectivity index (χ1) is 6.60. The number of rotatable bonds is 1. The second-order valence-electron chi connectivity index (χ2n) is 2.42. The van der Waals surface area contributed by atoms with Crippen molar-refractivity contribution in [1.82, 2.24) is 0 Å². The van der Waals surface area contributed by atoms with E-state index in [1.165, 1.54) is 19.2 Å².